The standard InChI is InChI=1S/C24H25ClN2O7/c1-3-4-27(2)9-11-7-14(25)13-6-10-5-12-8-15(28)18(23(26)33)22(32)24(12,34)21(31)16(10)20(30)17(13)19(11)29/h3,7,10,12,29-30,32,34H,1,4-6,8-9H2,2H3,(H2,26,33)/t10-,12+,24+/m1/s1. The molecule has 0 spiro atoms. The van der Waals surface area contributed by atoms with Crippen molar-refractivity contribution in [3.8, 4) is 5.75 Å². The van der Waals surface area contributed by atoms with Gasteiger partial charge in [0, 0.05) is 41.6 Å². The van der Waals surface area contributed by atoms with Crippen molar-refractivity contribution in [3.63, 3.8) is 0 Å². The number of Topliss-reactive ketones (excluding diaryl/α,β-unsaturated/α-hetero) is 2. The largest absolute Gasteiger partial charge is 0.508 e. The second-order valence-corrected chi connectivity index (χ2v) is 9.52. The fourth-order valence-corrected chi connectivity index (χ4v) is 5.70. The van der Waals surface area contributed by atoms with Gasteiger partial charge in [0.1, 0.15) is 22.8 Å². The Balaban J connectivity index is 1.87. The Morgan fingerprint density at radius 2 is 2.00 bits per heavy atom. The molecule has 1 amide bonds. The van der Waals surface area contributed by atoms with Crippen molar-refractivity contribution < 1.29 is 34.8 Å². The summed E-state index contributed by atoms with van der Waals surface area (Å²) in [6.07, 6.45) is 1.55. The molecule has 9 nitrogen and oxygen atoms in total. The van der Waals surface area contributed by atoms with Gasteiger partial charge in [0.25, 0.3) is 5.91 Å². The number of primary amides is 1. The van der Waals surface area contributed by atoms with E-state index in [-0.39, 0.29) is 42.7 Å². The van der Waals surface area contributed by atoms with Crippen molar-refractivity contribution >= 4 is 34.8 Å². The molecule has 0 heterocycles. The monoisotopic (exact) mass is 488 g/mol. The van der Waals surface area contributed by atoms with Gasteiger partial charge in [0.2, 0.25) is 5.78 Å². The maximum atomic E-state index is 13.5. The Bertz CT molecular complexity index is 1220. The maximum absolute atomic E-state index is 13.5. The molecular weight excluding hydrogens is 464 g/mol. The SMILES string of the molecule is C=CCN(C)Cc1cc(Cl)c2c(c1O)C(O)=C1C(=O)[C@]3(O)C(O)=C(C(N)=O)C(=O)C[C@@H]3C[C@@H]1C2. The van der Waals surface area contributed by atoms with Gasteiger partial charge in [-0.2, -0.15) is 0 Å². The van der Waals surface area contributed by atoms with E-state index >= 15 is 0 Å². The summed E-state index contributed by atoms with van der Waals surface area (Å²) in [5, 5.41) is 44.3. The Morgan fingerprint density at radius 1 is 1.32 bits per heavy atom. The zero-order valence-corrected chi connectivity index (χ0v) is 19.2. The molecule has 0 aromatic heterocycles. The molecule has 10 heteroatoms. The van der Waals surface area contributed by atoms with Crippen molar-refractivity contribution in [2.45, 2.75) is 31.4 Å². The van der Waals surface area contributed by atoms with Crippen LogP contribution in [0.1, 0.15) is 29.5 Å². The number of carbonyl (C=O) groups excluding carboxylic acids is 3. The summed E-state index contributed by atoms with van der Waals surface area (Å²) < 4.78 is 0. The number of aromatic hydroxyl groups is 1. The van der Waals surface area contributed by atoms with Crippen molar-refractivity contribution in [3.05, 3.63) is 57.3 Å². The molecule has 0 radical (unpaired) electrons. The van der Waals surface area contributed by atoms with Crippen LogP contribution in [0.3, 0.4) is 0 Å². The Labute approximate surface area is 200 Å². The topological polar surface area (TPSA) is 161 Å². The van der Waals surface area contributed by atoms with E-state index in [1.165, 1.54) is 0 Å². The third-order valence-corrected chi connectivity index (χ3v) is 7.31. The molecular formula is C24H25ClN2O7. The summed E-state index contributed by atoms with van der Waals surface area (Å²) >= 11 is 6.51. The van der Waals surface area contributed by atoms with Gasteiger partial charge in [-0.1, -0.05) is 17.7 Å². The molecule has 4 rings (SSSR count). The summed E-state index contributed by atoms with van der Waals surface area (Å²) in [5.74, 6) is -6.59. The number of hydrogen-bond acceptors (Lipinski definition) is 8. The molecule has 3 atom stereocenters. The number of nitrogens with zero attached hydrogens (tertiary/aromatic N) is 1. The highest BCUT2D eigenvalue weighted by Crippen LogP contribution is 2.53. The van der Waals surface area contributed by atoms with E-state index in [1.807, 2.05) is 4.90 Å². The Kier molecular flexibility index (Phi) is 5.83. The Hall–Kier alpha value is -3.14. The lowest BCUT2D eigenvalue weighted by Gasteiger charge is -2.46. The third kappa shape index (κ3) is 3.34. The minimum atomic E-state index is -2.59. The van der Waals surface area contributed by atoms with Gasteiger partial charge in [0.15, 0.2) is 11.4 Å². The van der Waals surface area contributed by atoms with E-state index < -0.39 is 52.0 Å². The van der Waals surface area contributed by atoms with Crippen molar-refractivity contribution in [2.75, 3.05) is 13.6 Å². The first-order chi connectivity index (χ1) is 15.9. The van der Waals surface area contributed by atoms with E-state index in [0.717, 1.165) is 0 Å². The van der Waals surface area contributed by atoms with Crippen LogP contribution in [-0.4, -0.2) is 62.0 Å². The van der Waals surface area contributed by atoms with Crippen LogP contribution in [0, 0.1) is 11.8 Å². The van der Waals surface area contributed by atoms with Crippen LogP contribution < -0.4 is 5.73 Å². The van der Waals surface area contributed by atoms with Gasteiger partial charge >= 0.3 is 0 Å². The fourth-order valence-electron chi connectivity index (χ4n) is 5.39. The van der Waals surface area contributed by atoms with E-state index in [4.69, 9.17) is 17.3 Å². The van der Waals surface area contributed by atoms with Gasteiger partial charge < -0.3 is 26.2 Å². The number of amides is 1. The number of fused-ring (bicyclic) bond motifs is 3. The molecule has 34 heavy (non-hydrogen) atoms. The molecule has 0 bridgehead atoms. The lowest BCUT2D eigenvalue weighted by molar-refractivity contribution is -0.147. The zero-order chi connectivity index (χ0) is 25.1. The van der Waals surface area contributed by atoms with Crippen LogP contribution in [0.4, 0.5) is 0 Å². The molecule has 6 N–H and O–H groups in total. The second kappa shape index (κ2) is 8.26. The van der Waals surface area contributed by atoms with Crippen molar-refractivity contribution in [1.29, 1.82) is 0 Å². The molecule has 1 aromatic carbocycles. The van der Waals surface area contributed by atoms with E-state index in [1.54, 1.807) is 19.2 Å². The molecule has 3 aliphatic carbocycles. The summed E-state index contributed by atoms with van der Waals surface area (Å²) in [6, 6.07) is 1.60. The maximum Gasteiger partial charge on any atom is 0.255 e. The van der Waals surface area contributed by atoms with Gasteiger partial charge in [-0.3, -0.25) is 19.3 Å². The number of nitrogens with two attached hydrogens (primary N) is 1. The number of phenolic OH excluding ortho intramolecular Hbond substituents is 1. The molecule has 3 aliphatic rings. The number of carbonyl (C=O) groups is 3. The second-order valence-electron chi connectivity index (χ2n) is 9.11. The van der Waals surface area contributed by atoms with Crippen LogP contribution in [-0.2, 0) is 27.3 Å². The van der Waals surface area contributed by atoms with E-state index in [2.05, 4.69) is 6.58 Å². The number of rotatable bonds is 5. The third-order valence-electron chi connectivity index (χ3n) is 6.97. The van der Waals surface area contributed by atoms with Gasteiger partial charge in [-0.05, 0) is 37.4 Å². The molecule has 180 valence electrons. The normalized spacial score (nSPS) is 26.4. The van der Waals surface area contributed by atoms with E-state index in [0.29, 0.717) is 22.7 Å². The number of hydrogen-bond donors (Lipinski definition) is 5. The highest BCUT2D eigenvalue weighted by atomic mass is 35.5. The molecule has 0 aliphatic heterocycles. The lowest BCUT2D eigenvalue weighted by atomic mass is 9.59. The van der Waals surface area contributed by atoms with Crippen LogP contribution in [0.5, 0.6) is 5.75 Å². The number of aliphatic hydroxyl groups is 3. The number of benzene rings is 1. The average Bonchev–Trinajstić information content (AvgIpc) is 2.74. The predicted molar refractivity (Wildman–Crippen MR) is 123 cm³/mol. The summed E-state index contributed by atoms with van der Waals surface area (Å²) in [6.45, 7) is 4.48. The first kappa shape index (κ1) is 24.0. The highest BCUT2D eigenvalue weighted by Gasteiger charge is 2.60. The van der Waals surface area contributed by atoms with E-state index in [9.17, 15) is 34.8 Å². The summed E-state index contributed by atoms with van der Waals surface area (Å²) in [7, 11) is 1.80. The number of likely N-dealkylation sites (N-methyl/N-ethyl adjacent to an activating group) is 1. The average molecular weight is 489 g/mol. The number of phenols is 1. The number of aliphatic hydroxyl groups excluding tert-OH is 2. The quantitative estimate of drug-likeness (QED) is 0.309. The fraction of sp³-hybridized carbons (Fsp3) is 0.375. The minimum Gasteiger partial charge on any atom is -0.508 e. The van der Waals surface area contributed by atoms with Crippen molar-refractivity contribution in [1.82, 2.24) is 4.90 Å². The molecule has 1 fully saturated rings. The van der Waals surface area contributed by atoms with Crippen LogP contribution in [0.15, 0.2) is 35.6 Å². The van der Waals surface area contributed by atoms with Gasteiger partial charge in [-0.25, -0.2) is 0 Å². The first-order valence-corrected chi connectivity index (χ1v) is 11.1. The van der Waals surface area contributed by atoms with Crippen LogP contribution in [0.25, 0.3) is 5.76 Å². The molecule has 1 saturated carbocycles. The van der Waals surface area contributed by atoms with Gasteiger partial charge in [0.05, 0.1) is 5.56 Å². The molecule has 0 unspecified atom stereocenters. The summed E-state index contributed by atoms with van der Waals surface area (Å²) in [4.78, 5) is 39.4. The Morgan fingerprint density at radius 3 is 2.62 bits per heavy atom. The lowest BCUT2D eigenvalue weighted by Crippen LogP contribution is -2.58. The highest BCUT2D eigenvalue weighted by molar-refractivity contribution is 6.32. The number of ketones is 2. The molecule has 0 saturated heterocycles. The van der Waals surface area contributed by atoms with Crippen molar-refractivity contribution in [2.24, 2.45) is 17.6 Å². The van der Waals surface area contributed by atoms with Gasteiger partial charge in [-0.15, -0.1) is 6.58 Å². The smallest absolute Gasteiger partial charge is 0.255 e. The zero-order valence-electron chi connectivity index (χ0n) is 18.5. The predicted octanol–water partition coefficient (Wildman–Crippen LogP) is 1.70. The first-order valence-electron chi connectivity index (χ1n) is 10.7. The van der Waals surface area contributed by atoms with Crippen LogP contribution in [0.2, 0.25) is 5.02 Å². The molecule has 1 aromatic rings. The van der Waals surface area contributed by atoms with Crippen LogP contribution >= 0.6 is 11.6 Å². The minimum absolute atomic E-state index is 0.0124. The summed E-state index contributed by atoms with van der Waals surface area (Å²) in [5.41, 5.74) is 2.44. The number of halogens is 1.